The summed E-state index contributed by atoms with van der Waals surface area (Å²) in [6.45, 7) is 5.04. The predicted molar refractivity (Wildman–Crippen MR) is 106 cm³/mol. The van der Waals surface area contributed by atoms with Crippen LogP contribution in [0, 0.1) is 5.92 Å². The highest BCUT2D eigenvalue weighted by atomic mass is 79.9. The predicted octanol–water partition coefficient (Wildman–Crippen LogP) is 5.22. The fourth-order valence-corrected chi connectivity index (χ4v) is 2.62. The topological polar surface area (TPSA) is 47.9 Å². The Balaban J connectivity index is 1.70. The van der Waals surface area contributed by atoms with Crippen molar-refractivity contribution in [3.8, 4) is 5.75 Å². The molecule has 2 aromatic rings. The number of halogens is 1. The number of aliphatic imine (C=N–C) groups is 1. The van der Waals surface area contributed by atoms with Crippen molar-refractivity contribution in [3.63, 3.8) is 0 Å². The second-order valence-corrected chi connectivity index (χ2v) is 7.36. The summed E-state index contributed by atoms with van der Waals surface area (Å²) < 4.78 is 11.9. The molecule has 134 valence electrons. The third-order valence-corrected chi connectivity index (χ3v) is 4.39. The lowest BCUT2D eigenvalue weighted by molar-refractivity contribution is -0.129. The largest absolute Gasteiger partial charge is 0.494 e. The Bertz CT molecular complexity index is 837. The average molecular weight is 414 g/mol. The van der Waals surface area contributed by atoms with Gasteiger partial charge in [0.1, 0.15) is 5.75 Å². The molecule has 4 nitrogen and oxygen atoms in total. The molecular formula is C21H20BrNO3. The van der Waals surface area contributed by atoms with E-state index in [1.54, 1.807) is 6.08 Å². The Kier molecular flexibility index (Phi) is 5.89. The summed E-state index contributed by atoms with van der Waals surface area (Å²) >= 11 is 3.38. The van der Waals surface area contributed by atoms with E-state index < -0.39 is 5.97 Å². The van der Waals surface area contributed by atoms with E-state index in [0.717, 1.165) is 27.8 Å². The van der Waals surface area contributed by atoms with Crippen molar-refractivity contribution in [1.82, 2.24) is 0 Å². The van der Waals surface area contributed by atoms with Gasteiger partial charge in [0.15, 0.2) is 5.70 Å². The normalized spacial score (nSPS) is 15.3. The molecule has 5 heteroatoms. The molecule has 0 bridgehead atoms. The zero-order valence-electron chi connectivity index (χ0n) is 14.7. The molecule has 0 atom stereocenters. The van der Waals surface area contributed by atoms with Crippen molar-refractivity contribution >= 4 is 33.9 Å². The number of hydrogen-bond acceptors (Lipinski definition) is 4. The first kappa shape index (κ1) is 18.4. The number of benzene rings is 2. The Morgan fingerprint density at radius 2 is 1.81 bits per heavy atom. The molecule has 26 heavy (non-hydrogen) atoms. The van der Waals surface area contributed by atoms with Gasteiger partial charge in [-0.15, -0.1) is 0 Å². The maximum Gasteiger partial charge on any atom is 0.363 e. The summed E-state index contributed by atoms with van der Waals surface area (Å²) in [7, 11) is 0. The fourth-order valence-electron chi connectivity index (χ4n) is 2.36. The molecule has 0 N–H and O–H groups in total. The van der Waals surface area contributed by atoms with Crippen LogP contribution in [0.3, 0.4) is 0 Å². The number of rotatable bonds is 6. The number of hydrogen-bond donors (Lipinski definition) is 0. The van der Waals surface area contributed by atoms with E-state index in [1.165, 1.54) is 0 Å². The molecule has 1 aliphatic rings. The smallest absolute Gasteiger partial charge is 0.363 e. The number of cyclic esters (lactones) is 1. The monoisotopic (exact) mass is 413 g/mol. The van der Waals surface area contributed by atoms with Crippen molar-refractivity contribution in [3.05, 3.63) is 69.8 Å². The zero-order valence-corrected chi connectivity index (χ0v) is 16.3. The van der Waals surface area contributed by atoms with E-state index >= 15 is 0 Å². The lowest BCUT2D eigenvalue weighted by Crippen LogP contribution is -2.05. The summed E-state index contributed by atoms with van der Waals surface area (Å²) in [4.78, 5) is 16.4. The van der Waals surface area contributed by atoms with Gasteiger partial charge < -0.3 is 9.47 Å². The van der Waals surface area contributed by atoms with Gasteiger partial charge in [-0.1, -0.05) is 41.9 Å². The van der Waals surface area contributed by atoms with Crippen LogP contribution in [0.5, 0.6) is 5.75 Å². The maximum absolute atomic E-state index is 12.1. The van der Waals surface area contributed by atoms with Crippen LogP contribution < -0.4 is 4.74 Å². The summed E-state index contributed by atoms with van der Waals surface area (Å²) in [5.74, 6) is 1.31. The van der Waals surface area contributed by atoms with Crippen LogP contribution in [0.4, 0.5) is 0 Å². The minimum atomic E-state index is -0.444. The molecule has 2 aromatic carbocycles. The molecule has 0 saturated carbocycles. The minimum absolute atomic E-state index is 0.288. The molecule has 1 heterocycles. The van der Waals surface area contributed by atoms with Gasteiger partial charge in [-0.2, -0.15) is 0 Å². The molecule has 0 saturated heterocycles. The first-order chi connectivity index (χ1) is 12.5. The highest BCUT2D eigenvalue weighted by Crippen LogP contribution is 2.21. The van der Waals surface area contributed by atoms with Crippen LogP contribution in [0.2, 0.25) is 0 Å². The van der Waals surface area contributed by atoms with Crippen LogP contribution in [0.15, 0.2) is 63.7 Å². The van der Waals surface area contributed by atoms with Gasteiger partial charge in [-0.05, 0) is 60.4 Å². The minimum Gasteiger partial charge on any atom is -0.494 e. The van der Waals surface area contributed by atoms with E-state index in [1.807, 2.05) is 48.5 Å². The Labute approximate surface area is 161 Å². The first-order valence-electron chi connectivity index (χ1n) is 8.52. The molecular weight excluding hydrogens is 394 g/mol. The molecule has 0 aromatic heterocycles. The molecule has 0 amide bonds. The number of carbonyl (C=O) groups is 1. The van der Waals surface area contributed by atoms with Crippen LogP contribution in [-0.4, -0.2) is 18.5 Å². The fraction of sp³-hybridized carbons (Fsp3) is 0.238. The maximum atomic E-state index is 12.1. The SMILES string of the molecule is CC(C)CCOc1ccc(/C=C2\N=C(c3ccc(Br)cc3)OC2=O)cc1. The number of esters is 1. The third kappa shape index (κ3) is 4.82. The first-order valence-corrected chi connectivity index (χ1v) is 9.32. The number of ether oxygens (including phenoxy) is 2. The van der Waals surface area contributed by atoms with Crippen LogP contribution in [0.25, 0.3) is 6.08 Å². The summed E-state index contributed by atoms with van der Waals surface area (Å²) in [6, 6.07) is 15.1. The van der Waals surface area contributed by atoms with Crippen LogP contribution in [0.1, 0.15) is 31.4 Å². The van der Waals surface area contributed by atoms with Crippen molar-refractivity contribution in [2.45, 2.75) is 20.3 Å². The molecule has 3 rings (SSSR count). The average Bonchev–Trinajstić information content (AvgIpc) is 2.97. The van der Waals surface area contributed by atoms with E-state index in [0.29, 0.717) is 18.4 Å². The van der Waals surface area contributed by atoms with E-state index in [2.05, 4.69) is 34.8 Å². The number of nitrogens with zero attached hydrogens (tertiary/aromatic N) is 1. The molecule has 0 aliphatic carbocycles. The highest BCUT2D eigenvalue weighted by Gasteiger charge is 2.24. The van der Waals surface area contributed by atoms with Crippen LogP contribution in [-0.2, 0) is 9.53 Å². The quantitative estimate of drug-likeness (QED) is 0.481. The van der Waals surface area contributed by atoms with Crippen molar-refractivity contribution < 1.29 is 14.3 Å². The van der Waals surface area contributed by atoms with Gasteiger partial charge in [0.05, 0.1) is 6.61 Å². The van der Waals surface area contributed by atoms with Gasteiger partial charge in [-0.25, -0.2) is 9.79 Å². The lowest BCUT2D eigenvalue weighted by atomic mass is 10.1. The second-order valence-electron chi connectivity index (χ2n) is 6.44. The van der Waals surface area contributed by atoms with Crippen molar-refractivity contribution in [2.24, 2.45) is 10.9 Å². The standard InChI is InChI=1S/C21H20BrNO3/c1-14(2)11-12-25-18-9-3-15(4-10-18)13-19-21(24)26-20(23-19)16-5-7-17(22)8-6-16/h3-10,13-14H,11-12H2,1-2H3/b19-13-. The van der Waals surface area contributed by atoms with Gasteiger partial charge in [0, 0.05) is 10.0 Å². The Morgan fingerprint density at radius 1 is 1.12 bits per heavy atom. The highest BCUT2D eigenvalue weighted by molar-refractivity contribution is 9.10. The van der Waals surface area contributed by atoms with Crippen LogP contribution >= 0.6 is 15.9 Å². The number of carbonyl (C=O) groups excluding carboxylic acids is 1. The van der Waals surface area contributed by atoms with Gasteiger partial charge in [-0.3, -0.25) is 0 Å². The molecule has 0 radical (unpaired) electrons. The third-order valence-electron chi connectivity index (χ3n) is 3.86. The Morgan fingerprint density at radius 3 is 2.46 bits per heavy atom. The summed E-state index contributed by atoms with van der Waals surface area (Å²) in [5.41, 5.74) is 1.92. The van der Waals surface area contributed by atoms with Gasteiger partial charge in [0.2, 0.25) is 5.90 Å². The van der Waals surface area contributed by atoms with E-state index in [-0.39, 0.29) is 5.70 Å². The van der Waals surface area contributed by atoms with E-state index in [4.69, 9.17) is 9.47 Å². The summed E-state index contributed by atoms with van der Waals surface area (Å²) in [6.07, 6.45) is 2.73. The van der Waals surface area contributed by atoms with Gasteiger partial charge in [0.25, 0.3) is 0 Å². The lowest BCUT2D eigenvalue weighted by Gasteiger charge is -2.08. The Hall–Kier alpha value is -2.40. The van der Waals surface area contributed by atoms with Crippen molar-refractivity contribution in [2.75, 3.05) is 6.61 Å². The van der Waals surface area contributed by atoms with E-state index in [9.17, 15) is 4.79 Å². The van der Waals surface area contributed by atoms with Crippen molar-refractivity contribution in [1.29, 1.82) is 0 Å². The zero-order chi connectivity index (χ0) is 18.5. The molecule has 0 fully saturated rings. The second kappa shape index (κ2) is 8.32. The molecule has 0 unspecified atom stereocenters. The molecule has 1 aliphatic heterocycles. The molecule has 0 spiro atoms. The van der Waals surface area contributed by atoms with Gasteiger partial charge >= 0.3 is 5.97 Å². The summed E-state index contributed by atoms with van der Waals surface area (Å²) in [5, 5.41) is 0.